The summed E-state index contributed by atoms with van der Waals surface area (Å²) in [5, 5.41) is 10.8. The van der Waals surface area contributed by atoms with Crippen molar-refractivity contribution in [3.63, 3.8) is 0 Å². The van der Waals surface area contributed by atoms with Crippen LogP contribution in [-0.4, -0.2) is 12.0 Å². The van der Waals surface area contributed by atoms with Crippen LogP contribution in [0.4, 0.5) is 19.3 Å². The molecule has 0 atom stereocenters. The zero-order chi connectivity index (χ0) is 12.3. The molecule has 0 aliphatic heterocycles. The summed E-state index contributed by atoms with van der Waals surface area (Å²) in [6, 6.07) is 0.865. The first kappa shape index (κ1) is 11.9. The summed E-state index contributed by atoms with van der Waals surface area (Å²) in [5.74, 6) is -2.19. The molecule has 0 saturated carbocycles. The van der Waals surface area contributed by atoms with E-state index in [1.54, 1.807) is 0 Å². The van der Waals surface area contributed by atoms with E-state index in [1.165, 1.54) is 6.92 Å². The Labute approximate surface area is 90.1 Å². The molecule has 5 N–H and O–H groups in total. The number of benzene rings is 1. The van der Waals surface area contributed by atoms with Crippen LogP contribution in [0.25, 0.3) is 0 Å². The summed E-state index contributed by atoms with van der Waals surface area (Å²) in [6.07, 6.45) is 0. The summed E-state index contributed by atoms with van der Waals surface area (Å²) in [7, 11) is 0. The molecule has 1 aromatic rings. The van der Waals surface area contributed by atoms with Gasteiger partial charge in [0, 0.05) is 6.07 Å². The fourth-order valence-corrected chi connectivity index (χ4v) is 1.13. The minimum atomic E-state index is -0.892. The van der Waals surface area contributed by atoms with Gasteiger partial charge in [-0.15, -0.1) is 0 Å². The van der Waals surface area contributed by atoms with Crippen LogP contribution in [0.2, 0.25) is 0 Å². The maximum Gasteiger partial charge on any atom is 0.326 e. The Bertz CT molecular complexity index is 424. The first-order chi connectivity index (χ1) is 7.40. The number of hydrogen-bond acceptors (Lipinski definition) is 2. The lowest BCUT2D eigenvalue weighted by Crippen LogP contribution is -2.39. The molecule has 1 rings (SSSR count). The maximum atomic E-state index is 13.2. The highest BCUT2D eigenvalue weighted by Crippen LogP contribution is 2.20. The number of carbonyl (C=O) groups is 1. The zero-order valence-corrected chi connectivity index (χ0v) is 8.40. The summed E-state index contributed by atoms with van der Waals surface area (Å²) in [6.45, 7) is 1.44. The van der Waals surface area contributed by atoms with Crippen LogP contribution in [0.5, 0.6) is 0 Å². The van der Waals surface area contributed by atoms with Gasteiger partial charge in [0.2, 0.25) is 0 Å². The molecule has 0 fully saturated rings. The highest BCUT2D eigenvalue weighted by molar-refractivity contribution is 6.01. The van der Waals surface area contributed by atoms with Crippen molar-refractivity contribution in [3.8, 4) is 0 Å². The van der Waals surface area contributed by atoms with E-state index in [2.05, 4.69) is 5.32 Å². The van der Waals surface area contributed by atoms with Gasteiger partial charge >= 0.3 is 6.03 Å². The van der Waals surface area contributed by atoms with Gasteiger partial charge in [0.1, 0.15) is 11.6 Å². The fourth-order valence-electron chi connectivity index (χ4n) is 1.13. The number of carbonyl (C=O) groups excluding carboxylic acids is 1. The number of anilines is 1. The summed E-state index contributed by atoms with van der Waals surface area (Å²) < 4.78 is 26.0. The first-order valence-electron chi connectivity index (χ1n) is 4.28. The minimum Gasteiger partial charge on any atom is -0.370 e. The number of urea groups is 1. The third-order valence-electron chi connectivity index (χ3n) is 1.74. The van der Waals surface area contributed by atoms with Crippen LogP contribution in [0, 0.1) is 24.0 Å². The molecule has 0 aromatic heterocycles. The van der Waals surface area contributed by atoms with Crippen LogP contribution in [-0.2, 0) is 0 Å². The molecular formula is C9H10F2N4O. The van der Waals surface area contributed by atoms with Crippen molar-refractivity contribution in [2.24, 2.45) is 5.73 Å². The Morgan fingerprint density at radius 2 is 2.06 bits per heavy atom. The van der Waals surface area contributed by atoms with Crippen LogP contribution in [0.3, 0.4) is 0 Å². The van der Waals surface area contributed by atoms with Crippen molar-refractivity contribution in [1.82, 2.24) is 5.32 Å². The largest absolute Gasteiger partial charge is 0.370 e. The first-order valence-corrected chi connectivity index (χ1v) is 4.28. The van der Waals surface area contributed by atoms with Crippen molar-refractivity contribution in [1.29, 1.82) is 5.41 Å². The number of hydrogen-bond donors (Lipinski definition) is 4. The minimum absolute atomic E-state index is 0.153. The van der Waals surface area contributed by atoms with E-state index >= 15 is 0 Å². The molecule has 86 valence electrons. The summed E-state index contributed by atoms with van der Waals surface area (Å²) >= 11 is 0. The van der Waals surface area contributed by atoms with E-state index in [0.717, 1.165) is 6.07 Å². The quantitative estimate of drug-likeness (QED) is 0.431. The summed E-state index contributed by atoms with van der Waals surface area (Å²) in [5.41, 5.74) is 4.98. The van der Waals surface area contributed by atoms with E-state index in [1.807, 2.05) is 5.32 Å². The topological polar surface area (TPSA) is 91.0 Å². The molecule has 0 bridgehead atoms. The van der Waals surface area contributed by atoms with E-state index in [-0.39, 0.29) is 11.3 Å². The fraction of sp³-hybridized carbons (Fsp3) is 0.111. The molecule has 2 amide bonds. The van der Waals surface area contributed by atoms with Crippen LogP contribution in [0.1, 0.15) is 5.56 Å². The van der Waals surface area contributed by atoms with Gasteiger partial charge in [-0.2, -0.15) is 0 Å². The highest BCUT2D eigenvalue weighted by Gasteiger charge is 2.11. The summed E-state index contributed by atoms with van der Waals surface area (Å²) in [4.78, 5) is 11.1. The average Bonchev–Trinajstić information content (AvgIpc) is 2.09. The van der Waals surface area contributed by atoms with Crippen LogP contribution >= 0.6 is 0 Å². The van der Waals surface area contributed by atoms with E-state index in [0.29, 0.717) is 6.07 Å². The number of rotatable bonds is 1. The normalized spacial score (nSPS) is 9.69. The molecule has 0 radical (unpaired) electrons. The Balaban J connectivity index is 2.89. The lowest BCUT2D eigenvalue weighted by Gasteiger charge is -2.09. The SMILES string of the molecule is Cc1cc(F)cc(F)c1NC(=O)NC(=N)N. The number of aryl methyl sites for hydroxylation is 1. The lowest BCUT2D eigenvalue weighted by molar-refractivity contribution is 0.256. The number of nitrogens with one attached hydrogen (secondary N) is 3. The molecule has 7 heteroatoms. The molecule has 16 heavy (non-hydrogen) atoms. The smallest absolute Gasteiger partial charge is 0.326 e. The number of nitrogens with two attached hydrogens (primary N) is 1. The molecule has 0 heterocycles. The second kappa shape index (κ2) is 4.56. The second-order valence-electron chi connectivity index (χ2n) is 3.07. The predicted molar refractivity (Wildman–Crippen MR) is 55.2 cm³/mol. The van der Waals surface area contributed by atoms with Crippen molar-refractivity contribution < 1.29 is 13.6 Å². The third-order valence-corrected chi connectivity index (χ3v) is 1.74. The van der Waals surface area contributed by atoms with Crippen molar-refractivity contribution in [2.75, 3.05) is 5.32 Å². The van der Waals surface area contributed by atoms with Gasteiger partial charge in [-0.1, -0.05) is 0 Å². The van der Waals surface area contributed by atoms with E-state index in [9.17, 15) is 13.6 Å². The van der Waals surface area contributed by atoms with Gasteiger partial charge in [0.05, 0.1) is 5.69 Å². The molecule has 0 spiro atoms. The van der Waals surface area contributed by atoms with Crippen LogP contribution in [0.15, 0.2) is 12.1 Å². The van der Waals surface area contributed by atoms with Gasteiger partial charge < -0.3 is 11.1 Å². The Hall–Kier alpha value is -2.18. The molecule has 1 aromatic carbocycles. The average molecular weight is 228 g/mol. The standard InChI is InChI=1S/C9H10F2N4O/c1-4-2-5(10)3-6(11)7(4)14-9(16)15-8(12)13/h2-3H,1H3,(H5,12,13,14,15,16). The van der Waals surface area contributed by atoms with Gasteiger partial charge in [-0.25, -0.2) is 13.6 Å². The van der Waals surface area contributed by atoms with Gasteiger partial charge in [0.25, 0.3) is 0 Å². The molecule has 0 saturated heterocycles. The maximum absolute atomic E-state index is 13.2. The molecular weight excluding hydrogens is 218 g/mol. The Morgan fingerprint density at radius 1 is 1.44 bits per heavy atom. The molecule has 5 nitrogen and oxygen atoms in total. The number of halogens is 2. The highest BCUT2D eigenvalue weighted by atomic mass is 19.1. The van der Waals surface area contributed by atoms with Crippen molar-refractivity contribution in [2.45, 2.75) is 6.92 Å². The third kappa shape index (κ3) is 2.91. The second-order valence-corrected chi connectivity index (χ2v) is 3.07. The molecule has 0 unspecified atom stereocenters. The van der Waals surface area contributed by atoms with Gasteiger partial charge in [0.15, 0.2) is 5.96 Å². The predicted octanol–water partition coefficient (Wildman–Crippen LogP) is 1.29. The number of amides is 2. The van der Waals surface area contributed by atoms with E-state index in [4.69, 9.17) is 11.1 Å². The van der Waals surface area contributed by atoms with Gasteiger partial charge in [-0.3, -0.25) is 10.7 Å². The van der Waals surface area contributed by atoms with Crippen LogP contribution < -0.4 is 16.4 Å². The van der Waals surface area contributed by atoms with E-state index < -0.39 is 23.6 Å². The lowest BCUT2D eigenvalue weighted by atomic mass is 10.2. The Morgan fingerprint density at radius 3 is 2.56 bits per heavy atom. The van der Waals surface area contributed by atoms with Gasteiger partial charge in [-0.05, 0) is 18.6 Å². The molecule has 0 aliphatic rings. The monoisotopic (exact) mass is 228 g/mol. The Kier molecular flexibility index (Phi) is 3.39. The van der Waals surface area contributed by atoms with Crippen molar-refractivity contribution in [3.05, 3.63) is 29.3 Å². The molecule has 0 aliphatic carbocycles. The van der Waals surface area contributed by atoms with Crippen molar-refractivity contribution >= 4 is 17.7 Å². The zero-order valence-electron chi connectivity index (χ0n) is 8.40. The number of guanidine groups is 1.